The fourth-order valence-electron chi connectivity index (χ4n) is 2.08. The highest BCUT2D eigenvalue weighted by atomic mass is 32.2. The second-order valence-electron chi connectivity index (χ2n) is 4.78. The van der Waals surface area contributed by atoms with Crippen LogP contribution in [0.1, 0.15) is 30.0 Å². The first kappa shape index (κ1) is 14.6. The maximum Gasteiger partial charge on any atom is 0.243 e. The number of hydrogen-bond donors (Lipinski definition) is 2. The molecule has 0 saturated heterocycles. The smallest absolute Gasteiger partial charge is 0.243 e. The molecule has 0 aliphatic rings. The lowest BCUT2D eigenvalue weighted by Crippen LogP contribution is -2.28. The molecule has 6 heteroatoms. The van der Waals surface area contributed by atoms with E-state index in [0.29, 0.717) is 11.3 Å². The van der Waals surface area contributed by atoms with Crippen LogP contribution in [0.2, 0.25) is 0 Å². The first-order valence-electron chi connectivity index (χ1n) is 6.25. The molecule has 108 valence electrons. The fraction of sp³-hybridized carbons (Fsp3) is 0.286. The van der Waals surface area contributed by atoms with Crippen LogP contribution < -0.4 is 10.5 Å². The van der Waals surface area contributed by atoms with E-state index in [-0.39, 0.29) is 10.6 Å². The summed E-state index contributed by atoms with van der Waals surface area (Å²) in [5, 5.41) is 0. The lowest BCUT2D eigenvalue weighted by Gasteiger charge is -2.15. The predicted octanol–water partition coefficient (Wildman–Crippen LogP) is 2.52. The van der Waals surface area contributed by atoms with Crippen LogP contribution in [0, 0.1) is 13.8 Å². The maximum absolute atomic E-state index is 12.4. The molecule has 0 saturated carbocycles. The maximum atomic E-state index is 12.4. The van der Waals surface area contributed by atoms with Crippen molar-refractivity contribution >= 4 is 15.7 Å². The molecule has 2 aromatic rings. The zero-order chi connectivity index (χ0) is 14.9. The second kappa shape index (κ2) is 5.30. The van der Waals surface area contributed by atoms with Gasteiger partial charge in [0, 0.05) is 0 Å². The summed E-state index contributed by atoms with van der Waals surface area (Å²) in [5.41, 5.74) is 6.63. The molecule has 0 aliphatic heterocycles. The van der Waals surface area contributed by atoms with Crippen LogP contribution >= 0.6 is 0 Å². The Bertz CT molecular complexity index is 700. The molecule has 5 nitrogen and oxygen atoms in total. The highest BCUT2D eigenvalue weighted by molar-refractivity contribution is 7.89. The Balaban J connectivity index is 2.32. The predicted molar refractivity (Wildman–Crippen MR) is 77.8 cm³/mol. The van der Waals surface area contributed by atoms with Gasteiger partial charge in [-0.3, -0.25) is 0 Å². The van der Waals surface area contributed by atoms with Gasteiger partial charge < -0.3 is 10.2 Å². The van der Waals surface area contributed by atoms with Gasteiger partial charge in [0.1, 0.15) is 16.4 Å². The van der Waals surface area contributed by atoms with E-state index < -0.39 is 16.1 Å². The molecule has 2 rings (SSSR count). The Morgan fingerprint density at radius 1 is 1.20 bits per heavy atom. The van der Waals surface area contributed by atoms with E-state index in [2.05, 4.69) is 4.72 Å². The van der Waals surface area contributed by atoms with Gasteiger partial charge in [-0.05, 0) is 44.5 Å². The summed E-state index contributed by atoms with van der Waals surface area (Å²) in [5.74, 6) is 1.31. The van der Waals surface area contributed by atoms with Gasteiger partial charge in [-0.15, -0.1) is 0 Å². The minimum absolute atomic E-state index is 0.120. The first-order valence-corrected chi connectivity index (χ1v) is 7.73. The second-order valence-corrected chi connectivity index (χ2v) is 6.44. The molecular formula is C14H18N2O3S. The molecule has 1 unspecified atom stereocenters. The topological polar surface area (TPSA) is 85.3 Å². The largest absolute Gasteiger partial charge is 0.465 e. The van der Waals surface area contributed by atoms with Crippen LogP contribution in [0.4, 0.5) is 5.69 Å². The van der Waals surface area contributed by atoms with Crippen molar-refractivity contribution in [2.45, 2.75) is 31.7 Å². The van der Waals surface area contributed by atoms with E-state index in [0.717, 1.165) is 5.76 Å². The van der Waals surface area contributed by atoms with Gasteiger partial charge in [-0.1, -0.05) is 12.1 Å². The van der Waals surface area contributed by atoms with Crippen LogP contribution in [-0.2, 0) is 10.0 Å². The number of hydrogen-bond acceptors (Lipinski definition) is 4. The number of furan rings is 1. The Labute approximate surface area is 118 Å². The zero-order valence-corrected chi connectivity index (χ0v) is 12.5. The molecule has 0 radical (unpaired) electrons. The van der Waals surface area contributed by atoms with Gasteiger partial charge in [0.25, 0.3) is 0 Å². The molecule has 0 aliphatic carbocycles. The molecule has 1 atom stereocenters. The molecule has 1 heterocycles. The molecule has 0 fully saturated rings. The SMILES string of the molecule is Cc1ccc(C(C)NS(=O)(=O)c2c(C)cccc2N)o1. The first-order chi connectivity index (χ1) is 9.31. The molecule has 3 N–H and O–H groups in total. The average Bonchev–Trinajstić information content (AvgIpc) is 2.74. The number of aryl methyl sites for hydroxylation is 2. The van der Waals surface area contributed by atoms with Gasteiger partial charge in [0.2, 0.25) is 10.0 Å². The summed E-state index contributed by atoms with van der Waals surface area (Å²) in [6.07, 6.45) is 0. The van der Waals surface area contributed by atoms with Crippen LogP contribution in [0.25, 0.3) is 0 Å². The minimum atomic E-state index is -3.69. The highest BCUT2D eigenvalue weighted by Crippen LogP contribution is 2.25. The standard InChI is InChI=1S/C14H18N2O3S/c1-9-5-4-6-12(15)14(9)20(17,18)16-11(3)13-8-7-10(2)19-13/h4-8,11,16H,15H2,1-3H3. The van der Waals surface area contributed by atoms with E-state index >= 15 is 0 Å². The third-order valence-electron chi connectivity index (χ3n) is 3.03. The fourth-order valence-corrected chi connectivity index (χ4v) is 3.65. The minimum Gasteiger partial charge on any atom is -0.465 e. The normalized spacial score (nSPS) is 13.3. The summed E-state index contributed by atoms with van der Waals surface area (Å²) in [7, 11) is -3.69. The summed E-state index contributed by atoms with van der Waals surface area (Å²) in [4.78, 5) is 0.120. The number of nitrogens with one attached hydrogen (secondary N) is 1. The number of sulfonamides is 1. The molecule has 20 heavy (non-hydrogen) atoms. The summed E-state index contributed by atoms with van der Waals surface area (Å²) >= 11 is 0. The molecule has 1 aromatic heterocycles. The van der Waals surface area contributed by atoms with Crippen molar-refractivity contribution in [1.29, 1.82) is 0 Å². The van der Waals surface area contributed by atoms with E-state index in [4.69, 9.17) is 10.2 Å². The van der Waals surface area contributed by atoms with E-state index in [1.54, 1.807) is 44.2 Å². The number of benzene rings is 1. The number of nitrogens with two attached hydrogens (primary N) is 1. The third-order valence-corrected chi connectivity index (χ3v) is 4.79. The van der Waals surface area contributed by atoms with Gasteiger partial charge in [-0.2, -0.15) is 0 Å². The van der Waals surface area contributed by atoms with Gasteiger partial charge >= 0.3 is 0 Å². The van der Waals surface area contributed by atoms with Crippen molar-refractivity contribution in [2.24, 2.45) is 0 Å². The quantitative estimate of drug-likeness (QED) is 0.848. The van der Waals surface area contributed by atoms with Crippen molar-refractivity contribution in [2.75, 3.05) is 5.73 Å². The van der Waals surface area contributed by atoms with Crippen LogP contribution in [0.3, 0.4) is 0 Å². The summed E-state index contributed by atoms with van der Waals surface area (Å²) in [6, 6.07) is 8.10. The zero-order valence-electron chi connectivity index (χ0n) is 11.7. The van der Waals surface area contributed by atoms with Crippen molar-refractivity contribution in [1.82, 2.24) is 4.72 Å². The Hall–Kier alpha value is -1.79. The molecule has 1 aromatic carbocycles. The molecule has 0 spiro atoms. The molecular weight excluding hydrogens is 276 g/mol. The van der Waals surface area contributed by atoms with E-state index in [1.807, 2.05) is 6.92 Å². The van der Waals surface area contributed by atoms with Crippen LogP contribution in [0.15, 0.2) is 39.6 Å². The Kier molecular flexibility index (Phi) is 3.87. The third kappa shape index (κ3) is 2.86. The number of anilines is 1. The number of nitrogen functional groups attached to an aromatic ring is 1. The highest BCUT2D eigenvalue weighted by Gasteiger charge is 2.23. The van der Waals surface area contributed by atoms with Crippen molar-refractivity contribution in [3.63, 3.8) is 0 Å². The van der Waals surface area contributed by atoms with Crippen LogP contribution in [0.5, 0.6) is 0 Å². The van der Waals surface area contributed by atoms with E-state index in [9.17, 15) is 8.42 Å². The van der Waals surface area contributed by atoms with Gasteiger partial charge in [0.15, 0.2) is 0 Å². The lowest BCUT2D eigenvalue weighted by atomic mass is 10.2. The van der Waals surface area contributed by atoms with Crippen molar-refractivity contribution < 1.29 is 12.8 Å². The van der Waals surface area contributed by atoms with E-state index in [1.165, 1.54) is 0 Å². The summed E-state index contributed by atoms with van der Waals surface area (Å²) in [6.45, 7) is 5.25. The summed E-state index contributed by atoms with van der Waals surface area (Å²) < 4.78 is 32.9. The monoisotopic (exact) mass is 294 g/mol. The van der Waals surface area contributed by atoms with Crippen molar-refractivity contribution in [3.8, 4) is 0 Å². The van der Waals surface area contributed by atoms with Gasteiger partial charge in [0.05, 0.1) is 11.7 Å². The number of rotatable bonds is 4. The van der Waals surface area contributed by atoms with Crippen LogP contribution in [-0.4, -0.2) is 8.42 Å². The Morgan fingerprint density at radius 2 is 1.90 bits per heavy atom. The molecule has 0 amide bonds. The average molecular weight is 294 g/mol. The lowest BCUT2D eigenvalue weighted by molar-refractivity contribution is 0.441. The Morgan fingerprint density at radius 3 is 2.45 bits per heavy atom. The van der Waals surface area contributed by atoms with Crippen molar-refractivity contribution in [3.05, 3.63) is 47.4 Å². The van der Waals surface area contributed by atoms with Gasteiger partial charge in [-0.25, -0.2) is 13.1 Å². The molecule has 0 bridgehead atoms.